The van der Waals surface area contributed by atoms with E-state index < -0.39 is 11.7 Å². The topological polar surface area (TPSA) is 24.9 Å². The van der Waals surface area contributed by atoms with Gasteiger partial charge in [-0.05, 0) is 29.8 Å². The maximum atomic E-state index is 12.6. The fourth-order valence-electron chi connectivity index (χ4n) is 1.56. The normalized spacial score (nSPS) is 11.4. The number of hydrogen-bond donors (Lipinski definition) is 1. The molecule has 2 aromatic rings. The SMILES string of the molecule is FC(F)(F)c1cc(Cl)cc(NCc2cccnc2)c1. The Kier molecular flexibility index (Phi) is 3.95. The van der Waals surface area contributed by atoms with Crippen molar-refractivity contribution in [1.29, 1.82) is 0 Å². The molecular formula is C13H10ClF3N2. The quantitative estimate of drug-likeness (QED) is 0.906. The van der Waals surface area contributed by atoms with Crippen LogP contribution in [0.15, 0.2) is 42.7 Å². The van der Waals surface area contributed by atoms with E-state index in [-0.39, 0.29) is 5.02 Å². The molecule has 1 heterocycles. The van der Waals surface area contributed by atoms with Crippen LogP contribution in [-0.4, -0.2) is 4.98 Å². The minimum atomic E-state index is -4.41. The maximum Gasteiger partial charge on any atom is 0.416 e. The average Bonchev–Trinajstić information content (AvgIpc) is 2.36. The van der Waals surface area contributed by atoms with Crippen LogP contribution in [0.25, 0.3) is 0 Å². The summed E-state index contributed by atoms with van der Waals surface area (Å²) in [7, 11) is 0. The summed E-state index contributed by atoms with van der Waals surface area (Å²) < 4.78 is 37.8. The zero-order valence-electron chi connectivity index (χ0n) is 9.71. The molecule has 1 N–H and O–H groups in total. The zero-order chi connectivity index (χ0) is 13.9. The molecule has 0 unspecified atom stereocenters. The second kappa shape index (κ2) is 5.48. The second-order valence-electron chi connectivity index (χ2n) is 3.94. The predicted octanol–water partition coefficient (Wildman–Crippen LogP) is 4.37. The van der Waals surface area contributed by atoms with Crippen molar-refractivity contribution < 1.29 is 13.2 Å². The van der Waals surface area contributed by atoms with E-state index in [0.29, 0.717) is 12.2 Å². The first-order valence-electron chi connectivity index (χ1n) is 5.46. The van der Waals surface area contributed by atoms with Crippen molar-refractivity contribution in [1.82, 2.24) is 4.98 Å². The minimum Gasteiger partial charge on any atom is -0.381 e. The number of rotatable bonds is 3. The van der Waals surface area contributed by atoms with Crippen molar-refractivity contribution >= 4 is 17.3 Å². The summed E-state index contributed by atoms with van der Waals surface area (Å²) in [5, 5.41) is 2.93. The van der Waals surface area contributed by atoms with Gasteiger partial charge in [-0.25, -0.2) is 0 Å². The molecule has 0 aliphatic heterocycles. The van der Waals surface area contributed by atoms with Crippen molar-refractivity contribution in [3.63, 3.8) is 0 Å². The summed E-state index contributed by atoms with van der Waals surface area (Å²) in [6.07, 6.45) is -1.14. The summed E-state index contributed by atoms with van der Waals surface area (Å²) in [6, 6.07) is 6.97. The fraction of sp³-hybridized carbons (Fsp3) is 0.154. The van der Waals surface area contributed by atoms with Crippen LogP contribution >= 0.6 is 11.6 Å². The van der Waals surface area contributed by atoms with Crippen LogP contribution in [0.2, 0.25) is 5.02 Å². The highest BCUT2D eigenvalue weighted by Crippen LogP contribution is 2.33. The lowest BCUT2D eigenvalue weighted by atomic mass is 10.2. The highest BCUT2D eigenvalue weighted by atomic mass is 35.5. The van der Waals surface area contributed by atoms with Gasteiger partial charge in [-0.15, -0.1) is 0 Å². The van der Waals surface area contributed by atoms with Gasteiger partial charge in [0.25, 0.3) is 0 Å². The molecule has 0 amide bonds. The van der Waals surface area contributed by atoms with E-state index in [9.17, 15) is 13.2 Å². The molecule has 0 aliphatic rings. The average molecular weight is 287 g/mol. The van der Waals surface area contributed by atoms with Gasteiger partial charge in [0.1, 0.15) is 0 Å². The van der Waals surface area contributed by atoms with Crippen LogP contribution in [0.1, 0.15) is 11.1 Å². The number of hydrogen-bond acceptors (Lipinski definition) is 2. The highest BCUT2D eigenvalue weighted by Gasteiger charge is 2.31. The molecule has 0 atom stereocenters. The van der Waals surface area contributed by atoms with E-state index in [4.69, 9.17) is 11.6 Å². The summed E-state index contributed by atoms with van der Waals surface area (Å²) in [4.78, 5) is 3.93. The van der Waals surface area contributed by atoms with Gasteiger partial charge in [0.05, 0.1) is 5.56 Å². The number of anilines is 1. The Morgan fingerprint density at radius 1 is 1.21 bits per heavy atom. The molecule has 2 nitrogen and oxygen atoms in total. The van der Waals surface area contributed by atoms with Crippen LogP contribution in [0, 0.1) is 0 Å². The summed E-state index contributed by atoms with van der Waals surface area (Å²) >= 11 is 5.69. The molecular weight excluding hydrogens is 277 g/mol. The number of aromatic nitrogens is 1. The van der Waals surface area contributed by atoms with Gasteiger partial charge in [-0.2, -0.15) is 13.2 Å². The lowest BCUT2D eigenvalue weighted by Gasteiger charge is -2.11. The Hall–Kier alpha value is -1.75. The van der Waals surface area contributed by atoms with Crippen molar-refractivity contribution in [2.75, 3.05) is 5.32 Å². The highest BCUT2D eigenvalue weighted by molar-refractivity contribution is 6.30. The number of halogens is 4. The molecule has 1 aromatic carbocycles. The van der Waals surface area contributed by atoms with Crippen LogP contribution in [0.3, 0.4) is 0 Å². The molecule has 0 fully saturated rings. The first kappa shape index (κ1) is 13.7. The molecule has 0 saturated heterocycles. The zero-order valence-corrected chi connectivity index (χ0v) is 10.5. The third kappa shape index (κ3) is 3.86. The van der Waals surface area contributed by atoms with Crippen LogP contribution in [0.4, 0.5) is 18.9 Å². The Balaban J connectivity index is 2.15. The lowest BCUT2D eigenvalue weighted by molar-refractivity contribution is -0.137. The Bertz CT molecular complexity index is 556. The molecule has 2 rings (SSSR count). The predicted molar refractivity (Wildman–Crippen MR) is 68.0 cm³/mol. The van der Waals surface area contributed by atoms with Crippen LogP contribution in [0.5, 0.6) is 0 Å². The molecule has 6 heteroatoms. The summed E-state index contributed by atoms with van der Waals surface area (Å²) in [5.74, 6) is 0. The number of pyridine rings is 1. The van der Waals surface area contributed by atoms with E-state index in [1.54, 1.807) is 18.5 Å². The molecule has 1 aromatic heterocycles. The van der Waals surface area contributed by atoms with Crippen molar-refractivity contribution in [2.24, 2.45) is 0 Å². The summed E-state index contributed by atoms with van der Waals surface area (Å²) in [5.41, 5.74) is 0.424. The molecule has 19 heavy (non-hydrogen) atoms. The molecule has 0 radical (unpaired) electrons. The first-order chi connectivity index (χ1) is 8.95. The van der Waals surface area contributed by atoms with E-state index in [2.05, 4.69) is 10.3 Å². The summed E-state index contributed by atoms with van der Waals surface area (Å²) in [6.45, 7) is 0.380. The molecule has 100 valence electrons. The number of alkyl halides is 3. The minimum absolute atomic E-state index is 0.0449. The van der Waals surface area contributed by atoms with Crippen LogP contribution in [-0.2, 0) is 12.7 Å². The largest absolute Gasteiger partial charge is 0.416 e. The van der Waals surface area contributed by atoms with E-state index in [1.165, 1.54) is 6.07 Å². The van der Waals surface area contributed by atoms with E-state index in [0.717, 1.165) is 17.7 Å². The lowest BCUT2D eigenvalue weighted by Crippen LogP contribution is -2.07. The number of nitrogens with zero attached hydrogens (tertiary/aromatic N) is 1. The monoisotopic (exact) mass is 286 g/mol. The Morgan fingerprint density at radius 2 is 2.00 bits per heavy atom. The first-order valence-corrected chi connectivity index (χ1v) is 5.83. The van der Waals surface area contributed by atoms with Gasteiger partial charge in [0.15, 0.2) is 0 Å². The van der Waals surface area contributed by atoms with Gasteiger partial charge in [-0.1, -0.05) is 17.7 Å². The fourth-order valence-corrected chi connectivity index (χ4v) is 1.80. The Morgan fingerprint density at radius 3 is 2.63 bits per heavy atom. The Labute approximate surface area is 113 Å². The van der Waals surface area contributed by atoms with Crippen molar-refractivity contribution in [3.05, 3.63) is 58.9 Å². The molecule has 0 bridgehead atoms. The molecule has 0 aliphatic carbocycles. The van der Waals surface area contributed by atoms with Crippen LogP contribution < -0.4 is 5.32 Å². The van der Waals surface area contributed by atoms with Crippen molar-refractivity contribution in [3.8, 4) is 0 Å². The third-order valence-electron chi connectivity index (χ3n) is 2.44. The number of benzene rings is 1. The molecule has 0 spiro atoms. The van der Waals surface area contributed by atoms with E-state index in [1.807, 2.05) is 6.07 Å². The van der Waals surface area contributed by atoms with Gasteiger partial charge in [-0.3, -0.25) is 4.98 Å². The van der Waals surface area contributed by atoms with Gasteiger partial charge >= 0.3 is 6.18 Å². The van der Waals surface area contributed by atoms with Gasteiger partial charge in [0, 0.05) is 29.6 Å². The van der Waals surface area contributed by atoms with Gasteiger partial charge < -0.3 is 5.32 Å². The number of nitrogens with one attached hydrogen (secondary N) is 1. The smallest absolute Gasteiger partial charge is 0.381 e. The standard InChI is InChI=1S/C13H10ClF3N2/c14-11-4-10(13(15,16)17)5-12(6-11)19-8-9-2-1-3-18-7-9/h1-7,19H,8H2. The maximum absolute atomic E-state index is 12.6. The van der Waals surface area contributed by atoms with E-state index >= 15 is 0 Å². The van der Waals surface area contributed by atoms with Crippen molar-refractivity contribution in [2.45, 2.75) is 12.7 Å². The third-order valence-corrected chi connectivity index (χ3v) is 2.66. The van der Waals surface area contributed by atoms with Gasteiger partial charge in [0.2, 0.25) is 0 Å². The molecule has 0 saturated carbocycles. The second-order valence-corrected chi connectivity index (χ2v) is 4.38.